The largest absolute Gasteiger partial charge is 0.298 e. The second-order valence-corrected chi connectivity index (χ2v) is 2.46. The second-order valence-electron chi connectivity index (χ2n) is 2.14. The summed E-state index contributed by atoms with van der Waals surface area (Å²) in [6.45, 7) is 0. The molecule has 0 spiro atoms. The molecule has 0 aliphatic carbocycles. The van der Waals surface area contributed by atoms with Gasteiger partial charge >= 0.3 is 0 Å². The van der Waals surface area contributed by atoms with Crippen LogP contribution in [0.25, 0.3) is 0 Å². The van der Waals surface area contributed by atoms with Crippen molar-refractivity contribution in [1.82, 2.24) is 4.98 Å². The minimum atomic E-state index is -0.791. The fourth-order valence-electron chi connectivity index (χ4n) is 0.804. The minimum absolute atomic E-state index is 0.100. The Morgan fingerprint density at radius 2 is 2.46 bits per heavy atom. The van der Waals surface area contributed by atoms with Crippen LogP contribution in [0.1, 0.15) is 15.9 Å². The van der Waals surface area contributed by atoms with Crippen LogP contribution in [-0.4, -0.2) is 17.0 Å². The average Bonchev–Trinajstić information content (AvgIpc) is 2.15. The number of thiol groups is 1. The highest BCUT2D eigenvalue weighted by atomic mass is 32.1. The van der Waals surface area contributed by atoms with Crippen LogP contribution in [0, 0.1) is 17.8 Å². The molecule has 0 amide bonds. The summed E-state index contributed by atoms with van der Waals surface area (Å²) < 4.78 is 12.8. The highest BCUT2D eigenvalue weighted by molar-refractivity contribution is 7.80. The summed E-state index contributed by atoms with van der Waals surface area (Å²) in [5, 5.41) is 0. The molecule has 1 aromatic rings. The Morgan fingerprint density at radius 3 is 3.08 bits per heavy atom. The summed E-state index contributed by atoms with van der Waals surface area (Å²) in [6.07, 6.45) is 1.68. The second kappa shape index (κ2) is 4.63. The Morgan fingerprint density at radius 1 is 1.69 bits per heavy atom. The van der Waals surface area contributed by atoms with E-state index in [4.69, 9.17) is 0 Å². The average molecular weight is 195 g/mol. The van der Waals surface area contributed by atoms with E-state index in [-0.39, 0.29) is 5.56 Å². The molecule has 0 fully saturated rings. The van der Waals surface area contributed by atoms with Gasteiger partial charge in [-0.3, -0.25) is 4.79 Å². The Kier molecular flexibility index (Phi) is 3.47. The maximum Gasteiger partial charge on any atom is 0.224 e. The number of carbonyl (C=O) groups is 1. The molecule has 2 nitrogen and oxygen atoms in total. The highest BCUT2D eigenvalue weighted by Gasteiger charge is 2.05. The molecule has 0 saturated heterocycles. The van der Waals surface area contributed by atoms with E-state index in [2.05, 4.69) is 29.5 Å². The SMILES string of the molecule is O=Cc1c(C#CCS)ccnc1F. The van der Waals surface area contributed by atoms with Gasteiger partial charge in [-0.15, -0.1) is 0 Å². The van der Waals surface area contributed by atoms with Crippen molar-refractivity contribution >= 4 is 18.9 Å². The van der Waals surface area contributed by atoms with Crippen LogP contribution in [0.2, 0.25) is 0 Å². The first-order valence-corrected chi connectivity index (χ1v) is 4.12. The van der Waals surface area contributed by atoms with E-state index in [9.17, 15) is 9.18 Å². The zero-order valence-corrected chi connectivity index (χ0v) is 7.51. The highest BCUT2D eigenvalue weighted by Crippen LogP contribution is 2.06. The molecule has 0 N–H and O–H groups in total. The molecule has 66 valence electrons. The first kappa shape index (κ1) is 9.75. The van der Waals surface area contributed by atoms with Crippen LogP contribution in [0.15, 0.2) is 12.3 Å². The molecule has 0 saturated carbocycles. The molecule has 0 aliphatic heterocycles. The summed E-state index contributed by atoms with van der Waals surface area (Å²) in [5.74, 6) is 4.82. The van der Waals surface area contributed by atoms with Gasteiger partial charge in [-0.2, -0.15) is 17.0 Å². The summed E-state index contributed by atoms with van der Waals surface area (Å²) >= 11 is 3.87. The lowest BCUT2D eigenvalue weighted by atomic mass is 10.1. The molecule has 0 aromatic carbocycles. The molecule has 13 heavy (non-hydrogen) atoms. The number of nitrogens with zero attached hydrogens (tertiary/aromatic N) is 1. The lowest BCUT2D eigenvalue weighted by Crippen LogP contribution is -1.95. The number of rotatable bonds is 1. The first-order valence-electron chi connectivity index (χ1n) is 3.49. The Balaban J connectivity index is 3.20. The zero-order chi connectivity index (χ0) is 9.68. The van der Waals surface area contributed by atoms with Gasteiger partial charge in [0, 0.05) is 11.8 Å². The van der Waals surface area contributed by atoms with Gasteiger partial charge in [0.2, 0.25) is 5.95 Å². The van der Waals surface area contributed by atoms with E-state index in [1.165, 1.54) is 12.3 Å². The van der Waals surface area contributed by atoms with Gasteiger partial charge in [0.1, 0.15) is 0 Å². The summed E-state index contributed by atoms with van der Waals surface area (Å²) in [4.78, 5) is 13.8. The van der Waals surface area contributed by atoms with Gasteiger partial charge < -0.3 is 0 Å². The zero-order valence-electron chi connectivity index (χ0n) is 6.62. The molecular formula is C9H6FNOS. The standard InChI is InChI=1S/C9H6FNOS/c10-9-8(6-12)7(2-1-5-13)3-4-11-9/h3-4,6,13H,5H2. The summed E-state index contributed by atoms with van der Waals surface area (Å²) in [7, 11) is 0. The Bertz CT molecular complexity index is 381. The van der Waals surface area contributed by atoms with Crippen molar-refractivity contribution in [3.05, 3.63) is 29.3 Å². The van der Waals surface area contributed by atoms with Gasteiger partial charge in [-0.05, 0) is 6.07 Å². The predicted octanol–water partition coefficient (Wildman–Crippen LogP) is 1.31. The van der Waals surface area contributed by atoms with Gasteiger partial charge in [0.15, 0.2) is 6.29 Å². The van der Waals surface area contributed by atoms with Gasteiger partial charge in [-0.1, -0.05) is 11.8 Å². The quantitative estimate of drug-likeness (QED) is 0.317. The molecule has 1 aromatic heterocycles. The maximum atomic E-state index is 12.8. The van der Waals surface area contributed by atoms with Crippen LogP contribution < -0.4 is 0 Å². The Hall–Kier alpha value is -1.34. The number of hydrogen-bond donors (Lipinski definition) is 1. The third-order valence-corrected chi connectivity index (χ3v) is 1.52. The van der Waals surface area contributed by atoms with Gasteiger partial charge in [-0.25, -0.2) is 4.98 Å². The third-order valence-electron chi connectivity index (χ3n) is 1.36. The van der Waals surface area contributed by atoms with Crippen molar-refractivity contribution in [2.45, 2.75) is 0 Å². The van der Waals surface area contributed by atoms with Crippen LogP contribution in [-0.2, 0) is 0 Å². The fraction of sp³-hybridized carbons (Fsp3) is 0.111. The number of aromatic nitrogens is 1. The van der Waals surface area contributed by atoms with Crippen molar-refractivity contribution < 1.29 is 9.18 Å². The molecule has 0 aliphatic rings. The molecule has 0 unspecified atom stereocenters. The molecule has 0 atom stereocenters. The summed E-state index contributed by atoms with van der Waals surface area (Å²) in [6, 6.07) is 1.49. The van der Waals surface area contributed by atoms with Crippen molar-refractivity contribution in [3.63, 3.8) is 0 Å². The number of hydrogen-bond acceptors (Lipinski definition) is 3. The summed E-state index contributed by atoms with van der Waals surface area (Å²) in [5.41, 5.74) is 0.244. The normalized spacial score (nSPS) is 8.77. The molecular weight excluding hydrogens is 189 g/mol. The number of aldehydes is 1. The van der Waals surface area contributed by atoms with Crippen molar-refractivity contribution in [1.29, 1.82) is 0 Å². The van der Waals surface area contributed by atoms with Crippen LogP contribution in [0.5, 0.6) is 0 Å². The van der Waals surface area contributed by atoms with Crippen LogP contribution in [0.4, 0.5) is 4.39 Å². The fourth-order valence-corrected chi connectivity index (χ4v) is 0.883. The van der Waals surface area contributed by atoms with Crippen LogP contribution in [0.3, 0.4) is 0 Å². The van der Waals surface area contributed by atoms with E-state index in [0.717, 1.165) is 0 Å². The minimum Gasteiger partial charge on any atom is -0.298 e. The van der Waals surface area contributed by atoms with E-state index in [1.54, 1.807) is 0 Å². The predicted molar refractivity (Wildman–Crippen MR) is 50.3 cm³/mol. The van der Waals surface area contributed by atoms with Crippen molar-refractivity contribution in [3.8, 4) is 11.8 Å². The Labute approximate surface area is 80.6 Å². The van der Waals surface area contributed by atoms with Gasteiger partial charge in [0.05, 0.1) is 11.3 Å². The van der Waals surface area contributed by atoms with E-state index >= 15 is 0 Å². The van der Waals surface area contributed by atoms with E-state index in [1.807, 2.05) is 0 Å². The smallest absolute Gasteiger partial charge is 0.224 e. The molecule has 0 radical (unpaired) electrons. The first-order chi connectivity index (χ1) is 6.29. The maximum absolute atomic E-state index is 12.8. The molecule has 1 heterocycles. The number of carbonyl (C=O) groups excluding carboxylic acids is 1. The lowest BCUT2D eigenvalue weighted by Gasteiger charge is -1.95. The number of halogens is 1. The number of pyridine rings is 1. The monoisotopic (exact) mass is 195 g/mol. The van der Waals surface area contributed by atoms with E-state index < -0.39 is 5.95 Å². The molecule has 0 bridgehead atoms. The van der Waals surface area contributed by atoms with Crippen molar-refractivity contribution in [2.24, 2.45) is 0 Å². The third kappa shape index (κ3) is 2.30. The molecule has 1 rings (SSSR count). The van der Waals surface area contributed by atoms with Crippen LogP contribution >= 0.6 is 12.6 Å². The molecule has 4 heteroatoms. The van der Waals surface area contributed by atoms with Crippen molar-refractivity contribution in [2.75, 3.05) is 5.75 Å². The van der Waals surface area contributed by atoms with Gasteiger partial charge in [0.25, 0.3) is 0 Å². The topological polar surface area (TPSA) is 30.0 Å². The lowest BCUT2D eigenvalue weighted by molar-refractivity contribution is 0.111. The van der Waals surface area contributed by atoms with E-state index in [0.29, 0.717) is 17.6 Å².